The Morgan fingerprint density at radius 2 is 2.18 bits per heavy atom. The second-order valence-electron chi connectivity index (χ2n) is 3.91. The topological polar surface area (TPSA) is 42.2 Å². The lowest BCUT2D eigenvalue weighted by Gasteiger charge is -2.19. The summed E-state index contributed by atoms with van der Waals surface area (Å²) in [7, 11) is 0. The fourth-order valence-electron chi connectivity index (χ4n) is 1.71. The first-order chi connectivity index (χ1) is 8.10. The number of halogens is 2. The Morgan fingerprint density at radius 1 is 1.53 bits per heavy atom. The number of rotatable bonds is 6. The van der Waals surface area contributed by atoms with Crippen LogP contribution < -0.4 is 5.32 Å². The molecule has 1 unspecified atom stereocenters. The van der Waals surface area contributed by atoms with Crippen molar-refractivity contribution in [3.05, 3.63) is 22.6 Å². The second-order valence-corrected chi connectivity index (χ2v) is 5.19. The van der Waals surface area contributed by atoms with Gasteiger partial charge in [0, 0.05) is 6.54 Å². The number of hydrogen-bond donors (Lipinski definition) is 1. The van der Waals surface area contributed by atoms with E-state index in [4.69, 9.17) is 16.0 Å². The van der Waals surface area contributed by atoms with E-state index >= 15 is 0 Å². The second kappa shape index (κ2) is 7.07. The SMILES string of the molecule is CCC(CC)C(Cl)CNC(=O)c1ccoc1Br. The maximum atomic E-state index is 11.8. The molecule has 0 aliphatic heterocycles. The molecule has 0 aliphatic carbocycles. The van der Waals surface area contributed by atoms with E-state index in [9.17, 15) is 4.79 Å². The highest BCUT2D eigenvalue weighted by Crippen LogP contribution is 2.19. The minimum absolute atomic E-state index is 0.0281. The monoisotopic (exact) mass is 321 g/mol. The zero-order chi connectivity index (χ0) is 12.8. The van der Waals surface area contributed by atoms with Crippen LogP contribution in [0.3, 0.4) is 0 Å². The van der Waals surface area contributed by atoms with Crippen molar-refractivity contribution in [3.63, 3.8) is 0 Å². The van der Waals surface area contributed by atoms with Gasteiger partial charge in [0.05, 0.1) is 17.2 Å². The van der Waals surface area contributed by atoms with Gasteiger partial charge < -0.3 is 9.73 Å². The van der Waals surface area contributed by atoms with Gasteiger partial charge in [-0.2, -0.15) is 0 Å². The molecule has 0 saturated heterocycles. The summed E-state index contributed by atoms with van der Waals surface area (Å²) in [6.07, 6.45) is 3.52. The normalized spacial score (nSPS) is 12.8. The Balaban J connectivity index is 2.46. The van der Waals surface area contributed by atoms with E-state index in [0.29, 0.717) is 22.7 Å². The average molecular weight is 323 g/mol. The predicted octanol–water partition coefficient (Wildman–Crippen LogP) is 3.82. The van der Waals surface area contributed by atoms with E-state index in [1.807, 2.05) is 0 Å². The zero-order valence-corrected chi connectivity index (χ0v) is 12.3. The smallest absolute Gasteiger partial charge is 0.255 e. The molecule has 0 fully saturated rings. The largest absolute Gasteiger partial charge is 0.457 e. The summed E-state index contributed by atoms with van der Waals surface area (Å²) in [4.78, 5) is 11.8. The highest BCUT2D eigenvalue weighted by molar-refractivity contribution is 9.10. The van der Waals surface area contributed by atoms with E-state index in [2.05, 4.69) is 35.1 Å². The molecule has 0 saturated carbocycles. The van der Waals surface area contributed by atoms with E-state index in [1.165, 1.54) is 6.26 Å². The van der Waals surface area contributed by atoms with Gasteiger partial charge in [0.25, 0.3) is 5.91 Å². The average Bonchev–Trinajstić information content (AvgIpc) is 2.74. The van der Waals surface area contributed by atoms with E-state index in [1.54, 1.807) is 6.07 Å². The lowest BCUT2D eigenvalue weighted by atomic mass is 9.99. The van der Waals surface area contributed by atoms with Gasteiger partial charge in [-0.05, 0) is 27.9 Å². The molecule has 0 aromatic carbocycles. The van der Waals surface area contributed by atoms with Crippen LogP contribution in [0.2, 0.25) is 0 Å². The van der Waals surface area contributed by atoms with Crippen molar-refractivity contribution in [1.29, 1.82) is 0 Å². The number of hydrogen-bond acceptors (Lipinski definition) is 2. The third-order valence-corrected chi connectivity index (χ3v) is 4.01. The zero-order valence-electron chi connectivity index (χ0n) is 10.0. The Kier molecular flexibility index (Phi) is 6.06. The number of carbonyl (C=O) groups is 1. The predicted molar refractivity (Wildman–Crippen MR) is 72.5 cm³/mol. The standard InChI is InChI=1S/C12H17BrClNO2/c1-3-8(4-2)10(14)7-15-12(16)9-5-6-17-11(9)13/h5-6,8,10H,3-4,7H2,1-2H3,(H,15,16). The highest BCUT2D eigenvalue weighted by atomic mass is 79.9. The minimum Gasteiger partial charge on any atom is -0.457 e. The summed E-state index contributed by atoms with van der Waals surface area (Å²) in [6.45, 7) is 4.69. The molecule has 17 heavy (non-hydrogen) atoms. The van der Waals surface area contributed by atoms with Gasteiger partial charge in [-0.3, -0.25) is 4.79 Å². The van der Waals surface area contributed by atoms with Gasteiger partial charge in [0.15, 0.2) is 4.67 Å². The van der Waals surface area contributed by atoms with Gasteiger partial charge >= 0.3 is 0 Å². The van der Waals surface area contributed by atoms with Gasteiger partial charge in [-0.25, -0.2) is 0 Å². The lowest BCUT2D eigenvalue weighted by Crippen LogP contribution is -2.33. The maximum absolute atomic E-state index is 11.8. The van der Waals surface area contributed by atoms with Crippen LogP contribution >= 0.6 is 27.5 Å². The van der Waals surface area contributed by atoms with Gasteiger partial charge in [-0.1, -0.05) is 26.7 Å². The fraction of sp³-hybridized carbons (Fsp3) is 0.583. The van der Waals surface area contributed by atoms with Crippen molar-refractivity contribution in [2.24, 2.45) is 5.92 Å². The molecule has 0 aliphatic rings. The van der Waals surface area contributed by atoms with Gasteiger partial charge in [0.2, 0.25) is 0 Å². The summed E-state index contributed by atoms with van der Waals surface area (Å²) in [6, 6.07) is 1.62. The van der Waals surface area contributed by atoms with Crippen molar-refractivity contribution >= 4 is 33.4 Å². The quantitative estimate of drug-likeness (QED) is 0.809. The Morgan fingerprint density at radius 3 is 2.65 bits per heavy atom. The molecule has 1 rings (SSSR count). The Labute approximate surface area is 115 Å². The molecule has 3 nitrogen and oxygen atoms in total. The number of carbonyl (C=O) groups excluding carboxylic acids is 1. The van der Waals surface area contributed by atoms with Crippen LogP contribution in [-0.2, 0) is 0 Å². The molecule has 0 bridgehead atoms. The van der Waals surface area contributed by atoms with Crippen LogP contribution in [0.1, 0.15) is 37.0 Å². The molecule has 96 valence electrons. The summed E-state index contributed by atoms with van der Waals surface area (Å²) < 4.78 is 5.45. The molecule has 1 aromatic heterocycles. The van der Waals surface area contributed by atoms with Crippen molar-refractivity contribution < 1.29 is 9.21 Å². The van der Waals surface area contributed by atoms with Crippen LogP contribution in [0.25, 0.3) is 0 Å². The molecule has 5 heteroatoms. The van der Waals surface area contributed by atoms with Crippen molar-refractivity contribution in [2.45, 2.75) is 32.1 Å². The lowest BCUT2D eigenvalue weighted by molar-refractivity contribution is 0.0950. The van der Waals surface area contributed by atoms with Gasteiger partial charge in [0.1, 0.15) is 0 Å². The Bertz CT molecular complexity index is 363. The van der Waals surface area contributed by atoms with E-state index in [0.717, 1.165) is 12.8 Å². The number of amides is 1. The van der Waals surface area contributed by atoms with Crippen LogP contribution in [0.4, 0.5) is 0 Å². The first-order valence-electron chi connectivity index (χ1n) is 5.75. The van der Waals surface area contributed by atoms with Crippen molar-refractivity contribution in [2.75, 3.05) is 6.54 Å². The van der Waals surface area contributed by atoms with Gasteiger partial charge in [-0.15, -0.1) is 11.6 Å². The summed E-state index contributed by atoms with van der Waals surface area (Å²) in [5, 5.41) is 2.79. The number of furan rings is 1. The first kappa shape index (κ1) is 14.6. The third kappa shape index (κ3) is 4.03. The molecule has 1 atom stereocenters. The van der Waals surface area contributed by atoms with Crippen molar-refractivity contribution in [1.82, 2.24) is 5.32 Å². The van der Waals surface area contributed by atoms with Crippen LogP contribution in [0, 0.1) is 5.92 Å². The summed E-state index contributed by atoms with van der Waals surface area (Å²) in [5.74, 6) is 0.270. The number of nitrogens with one attached hydrogen (secondary N) is 1. The molecule has 1 amide bonds. The molecule has 0 radical (unpaired) electrons. The molecule has 1 N–H and O–H groups in total. The summed E-state index contributed by atoms with van der Waals surface area (Å²) >= 11 is 9.41. The van der Waals surface area contributed by atoms with Crippen LogP contribution in [-0.4, -0.2) is 17.8 Å². The molecular weight excluding hydrogens is 305 g/mol. The van der Waals surface area contributed by atoms with Crippen LogP contribution in [0.15, 0.2) is 21.4 Å². The van der Waals surface area contributed by atoms with Crippen molar-refractivity contribution in [3.8, 4) is 0 Å². The highest BCUT2D eigenvalue weighted by Gasteiger charge is 2.18. The van der Waals surface area contributed by atoms with E-state index in [-0.39, 0.29) is 11.3 Å². The molecule has 1 heterocycles. The maximum Gasteiger partial charge on any atom is 0.255 e. The third-order valence-electron chi connectivity index (χ3n) is 2.88. The van der Waals surface area contributed by atoms with Crippen LogP contribution in [0.5, 0.6) is 0 Å². The number of alkyl halides is 1. The summed E-state index contributed by atoms with van der Waals surface area (Å²) in [5.41, 5.74) is 0.499. The van der Waals surface area contributed by atoms with E-state index < -0.39 is 0 Å². The molecule has 1 aromatic rings. The molecule has 0 spiro atoms. The minimum atomic E-state index is -0.165. The fourth-order valence-corrected chi connectivity index (χ4v) is 2.56. The first-order valence-corrected chi connectivity index (χ1v) is 6.98. The molecular formula is C12H17BrClNO2. The Hall–Kier alpha value is -0.480.